The summed E-state index contributed by atoms with van der Waals surface area (Å²) in [6, 6.07) is 0. The lowest BCUT2D eigenvalue weighted by Crippen LogP contribution is -2.44. The van der Waals surface area contributed by atoms with Gasteiger partial charge < -0.3 is 14.7 Å². The molecule has 0 aliphatic carbocycles. The number of nitrogens with zero attached hydrogens (tertiary/aromatic N) is 1. The minimum Gasteiger partial charge on any atom is -0.481 e. The molecule has 1 rings (SSSR count). The number of carbonyl (C=O) groups excluding carboxylic acids is 1. The monoisotopic (exact) mass is 279 g/mol. The Kier molecular flexibility index (Phi) is 5.09. The quantitative estimate of drug-likeness (QED) is 0.701. The third-order valence-corrected chi connectivity index (χ3v) is 4.81. The average molecular weight is 279 g/mol. The van der Waals surface area contributed by atoms with E-state index >= 15 is 0 Å². The molecule has 1 aliphatic heterocycles. The number of carboxylic acids is 1. The van der Waals surface area contributed by atoms with Gasteiger partial charge in [-0.3, -0.25) is 9.59 Å². The summed E-state index contributed by atoms with van der Waals surface area (Å²) in [6.07, 6.45) is -0.487. The summed E-state index contributed by atoms with van der Waals surface area (Å²) >= 11 is 0. The minimum absolute atomic E-state index is 0.377. The maximum absolute atomic E-state index is 11.8. The third-order valence-electron chi connectivity index (χ3n) is 2.76. The van der Waals surface area contributed by atoms with Crippen molar-refractivity contribution in [1.82, 2.24) is 4.90 Å². The number of rotatable bonds is 5. The van der Waals surface area contributed by atoms with Crippen molar-refractivity contribution in [1.29, 1.82) is 0 Å². The van der Waals surface area contributed by atoms with Gasteiger partial charge in [0.25, 0.3) is 0 Å². The van der Waals surface area contributed by atoms with E-state index in [1.54, 1.807) is 0 Å². The van der Waals surface area contributed by atoms with Crippen LogP contribution in [-0.4, -0.2) is 67.6 Å². The van der Waals surface area contributed by atoms with Crippen LogP contribution in [0.4, 0.5) is 0 Å². The van der Waals surface area contributed by atoms with Crippen LogP contribution in [0.2, 0.25) is 0 Å². The van der Waals surface area contributed by atoms with E-state index in [4.69, 9.17) is 9.84 Å². The van der Waals surface area contributed by atoms with Crippen molar-refractivity contribution >= 4 is 21.7 Å². The van der Waals surface area contributed by atoms with Gasteiger partial charge in [0.1, 0.15) is 5.75 Å². The lowest BCUT2D eigenvalue weighted by Gasteiger charge is -2.27. The van der Waals surface area contributed by atoms with Crippen molar-refractivity contribution in [3.63, 3.8) is 0 Å². The van der Waals surface area contributed by atoms with Crippen molar-refractivity contribution in [3.8, 4) is 0 Å². The maximum Gasteiger partial charge on any atom is 0.304 e. The summed E-state index contributed by atoms with van der Waals surface area (Å²) in [4.78, 5) is 23.6. The second-order valence-corrected chi connectivity index (χ2v) is 6.63. The number of ether oxygens (including phenoxy) is 1. The van der Waals surface area contributed by atoms with Gasteiger partial charge in [-0.15, -0.1) is 0 Å². The number of hydrogen-bond acceptors (Lipinski definition) is 5. The van der Waals surface area contributed by atoms with E-state index in [9.17, 15) is 18.0 Å². The van der Waals surface area contributed by atoms with Crippen LogP contribution < -0.4 is 0 Å². The van der Waals surface area contributed by atoms with Gasteiger partial charge in [0, 0.05) is 13.1 Å². The van der Waals surface area contributed by atoms with Gasteiger partial charge in [0.15, 0.2) is 9.84 Å². The molecule has 18 heavy (non-hydrogen) atoms. The van der Waals surface area contributed by atoms with E-state index in [0.717, 1.165) is 0 Å². The molecule has 1 fully saturated rings. The molecule has 8 heteroatoms. The molecule has 0 radical (unpaired) electrons. The standard InChI is InChI=1S/C10H17NO6S/c1-8(6-10(13)14)18(15,16)7-9(12)11-2-4-17-5-3-11/h8H,2-7H2,1H3,(H,13,14). The van der Waals surface area contributed by atoms with Crippen LogP contribution in [-0.2, 0) is 24.2 Å². The second kappa shape index (κ2) is 6.14. The van der Waals surface area contributed by atoms with Crippen molar-refractivity contribution in [2.45, 2.75) is 18.6 Å². The Hall–Kier alpha value is -1.15. The van der Waals surface area contributed by atoms with E-state index in [0.29, 0.717) is 26.3 Å². The minimum atomic E-state index is -3.72. The predicted molar refractivity (Wildman–Crippen MR) is 62.9 cm³/mol. The Morgan fingerprint density at radius 3 is 2.39 bits per heavy atom. The van der Waals surface area contributed by atoms with E-state index in [2.05, 4.69) is 0 Å². The first kappa shape index (κ1) is 14.9. The zero-order valence-corrected chi connectivity index (χ0v) is 11.0. The number of amides is 1. The Bertz CT molecular complexity index is 412. The van der Waals surface area contributed by atoms with Crippen LogP contribution in [0, 0.1) is 0 Å². The van der Waals surface area contributed by atoms with Gasteiger partial charge in [0.2, 0.25) is 5.91 Å². The molecule has 1 saturated heterocycles. The SMILES string of the molecule is CC(CC(=O)O)S(=O)(=O)CC(=O)N1CCOCC1. The molecular weight excluding hydrogens is 262 g/mol. The highest BCUT2D eigenvalue weighted by atomic mass is 32.2. The van der Waals surface area contributed by atoms with Gasteiger partial charge in [-0.25, -0.2) is 8.42 Å². The molecule has 0 aromatic heterocycles. The highest BCUT2D eigenvalue weighted by molar-refractivity contribution is 7.92. The molecule has 1 unspecified atom stereocenters. The van der Waals surface area contributed by atoms with E-state index < -0.39 is 39.1 Å². The van der Waals surface area contributed by atoms with Gasteiger partial charge >= 0.3 is 5.97 Å². The Balaban J connectivity index is 2.58. The van der Waals surface area contributed by atoms with E-state index in [1.807, 2.05) is 0 Å². The van der Waals surface area contributed by atoms with Crippen molar-refractivity contribution in [2.24, 2.45) is 0 Å². The topological polar surface area (TPSA) is 101 Å². The summed E-state index contributed by atoms with van der Waals surface area (Å²) in [5.41, 5.74) is 0. The molecule has 1 heterocycles. The summed E-state index contributed by atoms with van der Waals surface area (Å²) in [5.74, 6) is -2.32. The van der Waals surface area contributed by atoms with Crippen LogP contribution in [0.3, 0.4) is 0 Å². The van der Waals surface area contributed by atoms with Crippen LogP contribution in [0.5, 0.6) is 0 Å². The van der Waals surface area contributed by atoms with Crippen LogP contribution >= 0.6 is 0 Å². The zero-order valence-electron chi connectivity index (χ0n) is 10.2. The van der Waals surface area contributed by atoms with Crippen LogP contribution in [0.1, 0.15) is 13.3 Å². The molecule has 1 aliphatic rings. The first-order valence-electron chi connectivity index (χ1n) is 5.62. The van der Waals surface area contributed by atoms with Gasteiger partial charge in [-0.2, -0.15) is 0 Å². The normalized spacial score (nSPS) is 18.4. The average Bonchev–Trinajstić information content (AvgIpc) is 2.28. The van der Waals surface area contributed by atoms with Crippen molar-refractivity contribution in [2.75, 3.05) is 32.1 Å². The molecule has 0 bridgehead atoms. The number of hydrogen-bond donors (Lipinski definition) is 1. The Morgan fingerprint density at radius 2 is 1.89 bits per heavy atom. The zero-order chi connectivity index (χ0) is 13.8. The molecule has 0 aromatic carbocycles. The largest absolute Gasteiger partial charge is 0.481 e. The van der Waals surface area contributed by atoms with E-state index in [1.165, 1.54) is 11.8 Å². The summed E-state index contributed by atoms with van der Waals surface area (Å²) < 4.78 is 28.6. The van der Waals surface area contributed by atoms with Gasteiger partial charge in [-0.05, 0) is 6.92 Å². The highest BCUT2D eigenvalue weighted by Crippen LogP contribution is 2.09. The molecule has 104 valence electrons. The first-order valence-corrected chi connectivity index (χ1v) is 7.33. The smallest absolute Gasteiger partial charge is 0.304 e. The number of sulfone groups is 1. The van der Waals surface area contributed by atoms with E-state index in [-0.39, 0.29) is 0 Å². The molecule has 1 N–H and O–H groups in total. The number of aliphatic carboxylic acids is 1. The summed E-state index contributed by atoms with van der Waals surface area (Å²) in [5, 5.41) is 7.50. The number of carboxylic acid groups (broad SMARTS) is 1. The fourth-order valence-electron chi connectivity index (χ4n) is 1.59. The lowest BCUT2D eigenvalue weighted by atomic mass is 10.3. The summed E-state index contributed by atoms with van der Waals surface area (Å²) in [7, 11) is -3.72. The Morgan fingerprint density at radius 1 is 1.33 bits per heavy atom. The van der Waals surface area contributed by atoms with Crippen molar-refractivity contribution < 1.29 is 27.9 Å². The fraction of sp³-hybridized carbons (Fsp3) is 0.800. The molecule has 0 aromatic rings. The highest BCUT2D eigenvalue weighted by Gasteiger charge is 2.29. The molecule has 1 atom stereocenters. The number of morpholine rings is 1. The molecular formula is C10H17NO6S. The van der Waals surface area contributed by atoms with Gasteiger partial charge in [-0.1, -0.05) is 0 Å². The van der Waals surface area contributed by atoms with Crippen LogP contribution in [0.15, 0.2) is 0 Å². The lowest BCUT2D eigenvalue weighted by molar-refractivity contribution is -0.137. The molecule has 7 nitrogen and oxygen atoms in total. The predicted octanol–water partition coefficient (Wildman–Crippen LogP) is -0.877. The molecule has 0 spiro atoms. The fourth-order valence-corrected chi connectivity index (χ4v) is 2.80. The second-order valence-electron chi connectivity index (χ2n) is 4.21. The number of carbonyl (C=O) groups is 2. The third kappa shape index (κ3) is 4.26. The Labute approximate surface area is 106 Å². The van der Waals surface area contributed by atoms with Crippen molar-refractivity contribution in [3.05, 3.63) is 0 Å². The molecule has 0 saturated carbocycles. The summed E-state index contributed by atoms with van der Waals surface area (Å²) in [6.45, 7) is 2.85. The van der Waals surface area contributed by atoms with Crippen LogP contribution in [0.25, 0.3) is 0 Å². The van der Waals surface area contributed by atoms with Gasteiger partial charge in [0.05, 0.1) is 24.9 Å². The first-order chi connectivity index (χ1) is 8.33. The molecule has 1 amide bonds. The maximum atomic E-state index is 11.8.